The number of rotatable bonds is 5. The Morgan fingerprint density at radius 1 is 1.47 bits per heavy atom. The Morgan fingerprint density at radius 2 is 2.26 bits per heavy atom. The van der Waals surface area contributed by atoms with Gasteiger partial charge in [-0.3, -0.25) is 0 Å². The highest BCUT2D eigenvalue weighted by atomic mass is 19.1. The quantitative estimate of drug-likeness (QED) is 0.901. The molecular formula is C14H17FN2O2. The summed E-state index contributed by atoms with van der Waals surface area (Å²) >= 11 is 0. The van der Waals surface area contributed by atoms with Crippen LogP contribution in [0.2, 0.25) is 0 Å². The average molecular weight is 264 g/mol. The monoisotopic (exact) mass is 264 g/mol. The van der Waals surface area contributed by atoms with Crippen molar-refractivity contribution in [2.24, 2.45) is 7.05 Å². The third-order valence-corrected chi connectivity index (χ3v) is 2.94. The fourth-order valence-electron chi connectivity index (χ4n) is 1.83. The smallest absolute Gasteiger partial charge is 0.132 e. The van der Waals surface area contributed by atoms with Gasteiger partial charge in [0.15, 0.2) is 0 Å². The van der Waals surface area contributed by atoms with Crippen LogP contribution in [0.3, 0.4) is 0 Å². The summed E-state index contributed by atoms with van der Waals surface area (Å²) < 4.78 is 21.0. The van der Waals surface area contributed by atoms with Crippen LogP contribution in [-0.2, 0) is 13.5 Å². The number of hydrogen-bond acceptors (Lipinski definition) is 3. The fourth-order valence-corrected chi connectivity index (χ4v) is 1.83. The Labute approximate surface area is 111 Å². The van der Waals surface area contributed by atoms with Gasteiger partial charge in [0, 0.05) is 37.5 Å². The molecule has 1 unspecified atom stereocenters. The molecule has 2 rings (SSSR count). The van der Waals surface area contributed by atoms with Gasteiger partial charge in [0.05, 0.1) is 12.7 Å². The lowest BCUT2D eigenvalue weighted by Crippen LogP contribution is -2.06. The maximum atomic E-state index is 13.6. The van der Waals surface area contributed by atoms with Gasteiger partial charge >= 0.3 is 0 Å². The molecule has 0 saturated heterocycles. The summed E-state index contributed by atoms with van der Waals surface area (Å²) in [5.74, 6) is 0.918. The first-order valence-corrected chi connectivity index (χ1v) is 6.14. The molecule has 0 amide bonds. The molecule has 102 valence electrons. The maximum Gasteiger partial charge on any atom is 0.132 e. The van der Waals surface area contributed by atoms with Crippen molar-refractivity contribution < 1.29 is 14.2 Å². The number of imidazole rings is 1. The van der Waals surface area contributed by atoms with Crippen LogP contribution in [-0.4, -0.2) is 21.3 Å². The van der Waals surface area contributed by atoms with Gasteiger partial charge in [-0.15, -0.1) is 0 Å². The molecule has 0 fully saturated rings. The Bertz CT molecular complexity index is 552. The molecule has 0 aliphatic rings. The van der Waals surface area contributed by atoms with E-state index >= 15 is 0 Å². The van der Waals surface area contributed by atoms with Gasteiger partial charge < -0.3 is 14.4 Å². The molecule has 0 spiro atoms. The van der Waals surface area contributed by atoms with Gasteiger partial charge in [0.25, 0.3) is 0 Å². The second-order valence-corrected chi connectivity index (χ2v) is 4.41. The van der Waals surface area contributed by atoms with Gasteiger partial charge in [-0.05, 0) is 19.1 Å². The predicted molar refractivity (Wildman–Crippen MR) is 69.4 cm³/mol. The molecule has 5 heteroatoms. The van der Waals surface area contributed by atoms with Crippen molar-refractivity contribution in [3.8, 4) is 5.75 Å². The summed E-state index contributed by atoms with van der Waals surface area (Å²) in [4.78, 5) is 4.18. The van der Waals surface area contributed by atoms with E-state index in [4.69, 9.17) is 4.74 Å². The molecule has 1 heterocycles. The lowest BCUT2D eigenvalue weighted by Gasteiger charge is -2.10. The predicted octanol–water partition coefficient (Wildman–Crippen LogP) is 2.23. The van der Waals surface area contributed by atoms with Crippen LogP contribution < -0.4 is 4.74 Å². The molecule has 19 heavy (non-hydrogen) atoms. The first-order valence-electron chi connectivity index (χ1n) is 6.14. The molecule has 0 aliphatic heterocycles. The third kappa shape index (κ3) is 3.32. The van der Waals surface area contributed by atoms with Crippen LogP contribution in [0.1, 0.15) is 24.4 Å². The summed E-state index contributed by atoms with van der Waals surface area (Å²) in [6, 6.07) is 4.49. The van der Waals surface area contributed by atoms with Crippen LogP contribution in [0, 0.1) is 5.82 Å². The van der Waals surface area contributed by atoms with Gasteiger partial charge in [-0.2, -0.15) is 0 Å². The Balaban J connectivity index is 1.93. The summed E-state index contributed by atoms with van der Waals surface area (Å²) in [6.07, 6.45) is 3.43. The highest BCUT2D eigenvalue weighted by molar-refractivity contribution is 5.30. The number of aromatic nitrogens is 2. The number of aliphatic hydroxyl groups is 1. The van der Waals surface area contributed by atoms with Crippen LogP contribution >= 0.6 is 0 Å². The molecular weight excluding hydrogens is 247 g/mol. The topological polar surface area (TPSA) is 47.3 Å². The number of nitrogens with zero attached hydrogens (tertiary/aromatic N) is 2. The Morgan fingerprint density at radius 3 is 2.84 bits per heavy atom. The maximum absolute atomic E-state index is 13.6. The zero-order chi connectivity index (χ0) is 13.8. The normalized spacial score (nSPS) is 12.4. The molecule has 0 bridgehead atoms. The minimum Gasteiger partial charge on any atom is -0.493 e. The summed E-state index contributed by atoms with van der Waals surface area (Å²) in [7, 11) is 1.92. The molecule has 0 radical (unpaired) electrons. The van der Waals surface area contributed by atoms with E-state index in [-0.39, 0.29) is 5.56 Å². The summed E-state index contributed by atoms with van der Waals surface area (Å²) in [5.41, 5.74) is 0.274. The van der Waals surface area contributed by atoms with Crippen molar-refractivity contribution in [3.63, 3.8) is 0 Å². The Kier molecular flexibility index (Phi) is 4.16. The minimum absolute atomic E-state index is 0.274. The van der Waals surface area contributed by atoms with Crippen LogP contribution in [0.5, 0.6) is 5.75 Å². The van der Waals surface area contributed by atoms with Crippen LogP contribution in [0.15, 0.2) is 30.6 Å². The van der Waals surface area contributed by atoms with Gasteiger partial charge in [-0.25, -0.2) is 9.37 Å². The van der Waals surface area contributed by atoms with Crippen molar-refractivity contribution >= 4 is 0 Å². The van der Waals surface area contributed by atoms with Gasteiger partial charge in [-0.1, -0.05) is 0 Å². The van der Waals surface area contributed by atoms with Crippen molar-refractivity contribution in [2.75, 3.05) is 6.61 Å². The second kappa shape index (κ2) is 5.84. The second-order valence-electron chi connectivity index (χ2n) is 4.41. The molecule has 1 aromatic carbocycles. The molecule has 1 N–H and O–H groups in total. The zero-order valence-corrected chi connectivity index (χ0v) is 11.0. The average Bonchev–Trinajstić information content (AvgIpc) is 2.75. The van der Waals surface area contributed by atoms with Crippen molar-refractivity contribution in [3.05, 3.63) is 47.8 Å². The first-order chi connectivity index (χ1) is 9.08. The van der Waals surface area contributed by atoms with E-state index in [0.29, 0.717) is 18.8 Å². The van der Waals surface area contributed by atoms with Gasteiger partial charge in [0.1, 0.15) is 17.4 Å². The zero-order valence-electron chi connectivity index (χ0n) is 11.0. The summed E-state index contributed by atoms with van der Waals surface area (Å²) in [6.45, 7) is 1.96. The van der Waals surface area contributed by atoms with Crippen molar-refractivity contribution in [1.82, 2.24) is 9.55 Å². The molecule has 0 aliphatic carbocycles. The first kappa shape index (κ1) is 13.5. The Hall–Kier alpha value is -1.88. The number of benzene rings is 1. The number of aryl methyl sites for hydroxylation is 1. The molecule has 0 saturated carbocycles. The fraction of sp³-hybridized carbons (Fsp3) is 0.357. The third-order valence-electron chi connectivity index (χ3n) is 2.94. The van der Waals surface area contributed by atoms with Crippen molar-refractivity contribution in [2.45, 2.75) is 19.4 Å². The van der Waals surface area contributed by atoms with E-state index in [2.05, 4.69) is 4.98 Å². The van der Waals surface area contributed by atoms with E-state index < -0.39 is 11.9 Å². The van der Waals surface area contributed by atoms with Gasteiger partial charge in [0.2, 0.25) is 0 Å². The van der Waals surface area contributed by atoms with E-state index in [1.54, 1.807) is 12.3 Å². The van der Waals surface area contributed by atoms with E-state index in [9.17, 15) is 9.50 Å². The van der Waals surface area contributed by atoms with E-state index in [0.717, 1.165) is 5.82 Å². The number of halogens is 1. The van der Waals surface area contributed by atoms with Crippen LogP contribution in [0.4, 0.5) is 4.39 Å². The highest BCUT2D eigenvalue weighted by Gasteiger charge is 2.09. The number of aliphatic hydroxyl groups excluding tert-OH is 1. The van der Waals surface area contributed by atoms with E-state index in [1.807, 2.05) is 17.8 Å². The summed E-state index contributed by atoms with van der Waals surface area (Å²) in [5, 5.41) is 9.34. The minimum atomic E-state index is -0.818. The molecule has 1 aromatic heterocycles. The number of ether oxygens (including phenoxy) is 1. The van der Waals surface area contributed by atoms with E-state index in [1.165, 1.54) is 19.1 Å². The lowest BCUT2D eigenvalue weighted by molar-refractivity contribution is 0.194. The molecule has 4 nitrogen and oxygen atoms in total. The molecule has 2 aromatic rings. The highest BCUT2D eigenvalue weighted by Crippen LogP contribution is 2.21. The number of hydrogen-bond donors (Lipinski definition) is 1. The largest absolute Gasteiger partial charge is 0.493 e. The molecule has 1 atom stereocenters. The van der Waals surface area contributed by atoms with Crippen LogP contribution in [0.25, 0.3) is 0 Å². The standard InChI is InChI=1S/C14H17FN2O2/c1-10(18)12-4-3-11(9-13(12)15)19-8-5-14-16-6-7-17(14)2/h3-4,6-7,9-10,18H,5,8H2,1-2H3. The van der Waals surface area contributed by atoms with Crippen molar-refractivity contribution in [1.29, 1.82) is 0 Å². The SMILES string of the molecule is CC(O)c1ccc(OCCc2nccn2C)cc1F. The lowest BCUT2D eigenvalue weighted by atomic mass is 10.1.